The molecule has 0 fully saturated rings. The van der Waals surface area contributed by atoms with Gasteiger partial charge >= 0.3 is 5.97 Å². The summed E-state index contributed by atoms with van der Waals surface area (Å²) in [6, 6.07) is 0.540. The number of carbonyl (C=O) groups excluding carboxylic acids is 1. The number of rotatable bonds is 5. The van der Waals surface area contributed by atoms with Crippen molar-refractivity contribution >= 4 is 24.4 Å². The highest BCUT2D eigenvalue weighted by Gasteiger charge is 2.17. The Morgan fingerprint density at radius 3 is 3.00 bits per heavy atom. The highest BCUT2D eigenvalue weighted by atomic mass is 32.2. The number of carbonyl (C=O) groups is 1. The Hall–Kier alpha value is -1.22. The summed E-state index contributed by atoms with van der Waals surface area (Å²) in [6.07, 6.45) is 2.66. The SMILES string of the molecule is CCOC=NC(C#N)C(=O)OSC. The summed E-state index contributed by atoms with van der Waals surface area (Å²) >= 11 is 0.877. The summed E-state index contributed by atoms with van der Waals surface area (Å²) < 4.78 is 9.25. The van der Waals surface area contributed by atoms with Gasteiger partial charge in [0.2, 0.25) is 6.04 Å². The molecule has 1 atom stereocenters. The smallest absolute Gasteiger partial charge is 0.357 e. The largest absolute Gasteiger partial charge is 0.484 e. The Kier molecular flexibility index (Phi) is 6.73. The van der Waals surface area contributed by atoms with E-state index >= 15 is 0 Å². The molecule has 72 valence electrons. The molecule has 0 radical (unpaired) electrons. The molecule has 0 heterocycles. The Labute approximate surface area is 80.9 Å². The van der Waals surface area contributed by atoms with Crippen LogP contribution in [0.2, 0.25) is 0 Å². The minimum atomic E-state index is -1.14. The summed E-state index contributed by atoms with van der Waals surface area (Å²) in [7, 11) is 0. The highest BCUT2D eigenvalue weighted by Crippen LogP contribution is 2.01. The van der Waals surface area contributed by atoms with Crippen LogP contribution in [0.1, 0.15) is 6.92 Å². The van der Waals surface area contributed by atoms with Crippen LogP contribution in [0.4, 0.5) is 0 Å². The molecule has 0 rings (SSSR count). The van der Waals surface area contributed by atoms with Crippen molar-refractivity contribution in [2.75, 3.05) is 12.9 Å². The fraction of sp³-hybridized carbons (Fsp3) is 0.571. The zero-order valence-electron chi connectivity index (χ0n) is 7.39. The molecule has 0 aliphatic carbocycles. The van der Waals surface area contributed by atoms with Gasteiger partial charge in [-0.2, -0.15) is 5.26 Å². The molecule has 0 amide bonds. The van der Waals surface area contributed by atoms with Gasteiger partial charge in [-0.05, 0) is 6.92 Å². The maximum absolute atomic E-state index is 10.9. The lowest BCUT2D eigenvalue weighted by atomic mass is 10.4. The average Bonchev–Trinajstić information content (AvgIpc) is 2.13. The maximum atomic E-state index is 10.9. The van der Waals surface area contributed by atoms with Gasteiger partial charge in [-0.25, -0.2) is 9.79 Å². The van der Waals surface area contributed by atoms with Crippen LogP contribution in [0, 0.1) is 11.3 Å². The molecule has 0 aliphatic rings. The lowest BCUT2D eigenvalue weighted by Gasteiger charge is -2.00. The molecule has 1 unspecified atom stereocenters. The molecular formula is C7H10N2O3S. The average molecular weight is 202 g/mol. The molecule has 5 nitrogen and oxygen atoms in total. The molecular weight excluding hydrogens is 192 g/mol. The predicted molar refractivity (Wildman–Crippen MR) is 49.1 cm³/mol. The first-order valence-electron chi connectivity index (χ1n) is 3.53. The molecule has 0 aromatic carbocycles. The Bertz CT molecular complexity index is 224. The standard InChI is InChI=1S/C7H10N2O3S/c1-3-11-5-9-6(4-8)7(10)12-13-2/h5-6H,3H2,1-2H3. The van der Waals surface area contributed by atoms with Crippen LogP contribution in [0.3, 0.4) is 0 Å². The van der Waals surface area contributed by atoms with Crippen molar-refractivity contribution in [3.05, 3.63) is 0 Å². The molecule has 0 aromatic heterocycles. The molecule has 0 spiro atoms. The van der Waals surface area contributed by atoms with Gasteiger partial charge in [0.05, 0.1) is 18.6 Å². The van der Waals surface area contributed by atoms with Crippen molar-refractivity contribution in [3.63, 3.8) is 0 Å². The summed E-state index contributed by atoms with van der Waals surface area (Å²) in [5, 5.41) is 8.49. The van der Waals surface area contributed by atoms with E-state index in [1.165, 1.54) is 0 Å². The van der Waals surface area contributed by atoms with E-state index in [4.69, 9.17) is 10.00 Å². The lowest BCUT2D eigenvalue weighted by Crippen LogP contribution is -2.17. The molecule has 6 heteroatoms. The van der Waals surface area contributed by atoms with Crippen molar-refractivity contribution in [1.29, 1.82) is 5.26 Å². The van der Waals surface area contributed by atoms with Crippen LogP contribution in [0.5, 0.6) is 0 Å². The third-order valence-corrected chi connectivity index (χ3v) is 1.29. The zero-order valence-corrected chi connectivity index (χ0v) is 8.21. The van der Waals surface area contributed by atoms with E-state index in [1.807, 2.05) is 0 Å². The van der Waals surface area contributed by atoms with Crippen molar-refractivity contribution in [2.45, 2.75) is 13.0 Å². The predicted octanol–water partition coefficient (Wildman–Crippen LogP) is 0.765. The van der Waals surface area contributed by atoms with Crippen LogP contribution in [-0.4, -0.2) is 31.3 Å². The normalized spacial score (nSPS) is 12.1. The fourth-order valence-corrected chi connectivity index (χ4v) is 0.708. The summed E-state index contributed by atoms with van der Waals surface area (Å²) in [5.41, 5.74) is 0. The zero-order chi connectivity index (χ0) is 10.1. The van der Waals surface area contributed by atoms with Crippen LogP contribution < -0.4 is 0 Å². The van der Waals surface area contributed by atoms with Gasteiger partial charge in [0.25, 0.3) is 0 Å². The monoisotopic (exact) mass is 202 g/mol. The van der Waals surface area contributed by atoms with E-state index in [9.17, 15) is 4.79 Å². The van der Waals surface area contributed by atoms with E-state index in [0.717, 1.165) is 18.4 Å². The summed E-state index contributed by atoms with van der Waals surface area (Å²) in [6.45, 7) is 2.22. The lowest BCUT2D eigenvalue weighted by molar-refractivity contribution is -0.133. The van der Waals surface area contributed by atoms with Crippen molar-refractivity contribution in [2.24, 2.45) is 4.99 Å². The molecule has 0 aliphatic heterocycles. The van der Waals surface area contributed by atoms with E-state index in [2.05, 4.69) is 9.18 Å². The first-order valence-corrected chi connectivity index (χ1v) is 4.68. The number of hydrogen-bond donors (Lipinski definition) is 0. The van der Waals surface area contributed by atoms with E-state index in [-0.39, 0.29) is 0 Å². The second-order valence-electron chi connectivity index (χ2n) is 1.81. The van der Waals surface area contributed by atoms with Gasteiger partial charge in [0.15, 0.2) is 6.40 Å². The molecule has 13 heavy (non-hydrogen) atoms. The fourth-order valence-electron chi connectivity index (χ4n) is 0.453. The minimum absolute atomic E-state index is 0.444. The Balaban J connectivity index is 4.04. The number of nitrogens with zero attached hydrogens (tertiary/aromatic N) is 2. The van der Waals surface area contributed by atoms with Gasteiger partial charge in [-0.15, -0.1) is 0 Å². The second-order valence-corrected chi connectivity index (χ2v) is 2.31. The van der Waals surface area contributed by atoms with Gasteiger partial charge < -0.3 is 8.92 Å². The molecule has 0 saturated heterocycles. The van der Waals surface area contributed by atoms with Crippen molar-refractivity contribution in [1.82, 2.24) is 0 Å². The van der Waals surface area contributed by atoms with Crippen LogP contribution in [0.25, 0.3) is 0 Å². The first-order chi connectivity index (χ1) is 6.26. The van der Waals surface area contributed by atoms with E-state index < -0.39 is 12.0 Å². The number of nitriles is 1. The molecule has 0 bridgehead atoms. The second kappa shape index (κ2) is 7.43. The van der Waals surface area contributed by atoms with Crippen molar-refractivity contribution in [3.8, 4) is 6.07 Å². The number of ether oxygens (including phenoxy) is 1. The van der Waals surface area contributed by atoms with Crippen molar-refractivity contribution < 1.29 is 13.7 Å². The Morgan fingerprint density at radius 1 is 1.85 bits per heavy atom. The third-order valence-electron chi connectivity index (χ3n) is 0.962. The summed E-state index contributed by atoms with van der Waals surface area (Å²) in [4.78, 5) is 14.5. The molecule has 0 saturated carbocycles. The quantitative estimate of drug-likeness (QED) is 0.374. The topological polar surface area (TPSA) is 71.7 Å². The maximum Gasteiger partial charge on any atom is 0.357 e. The summed E-state index contributed by atoms with van der Waals surface area (Å²) in [5.74, 6) is -0.689. The Morgan fingerprint density at radius 2 is 2.54 bits per heavy atom. The van der Waals surface area contributed by atoms with Gasteiger partial charge in [0, 0.05) is 6.26 Å². The molecule has 0 N–H and O–H groups in total. The van der Waals surface area contributed by atoms with Gasteiger partial charge in [-0.1, -0.05) is 0 Å². The van der Waals surface area contributed by atoms with Gasteiger partial charge in [-0.3, -0.25) is 0 Å². The van der Waals surface area contributed by atoms with Crippen LogP contribution >= 0.6 is 12.0 Å². The third kappa shape index (κ3) is 5.09. The van der Waals surface area contributed by atoms with E-state index in [0.29, 0.717) is 6.61 Å². The molecule has 0 aromatic rings. The highest BCUT2D eigenvalue weighted by molar-refractivity contribution is 7.94. The number of aliphatic imine (C=N–C) groups is 1. The van der Waals surface area contributed by atoms with Gasteiger partial charge in [0.1, 0.15) is 6.07 Å². The minimum Gasteiger partial charge on any atom is -0.484 e. The van der Waals surface area contributed by atoms with Crippen LogP contribution in [0.15, 0.2) is 4.99 Å². The number of hydrogen-bond acceptors (Lipinski definition) is 6. The van der Waals surface area contributed by atoms with E-state index in [1.54, 1.807) is 19.2 Å². The van der Waals surface area contributed by atoms with Crippen LogP contribution in [-0.2, 0) is 13.7 Å². The first kappa shape index (κ1) is 11.8.